The van der Waals surface area contributed by atoms with Crippen LogP contribution in [0.5, 0.6) is 0 Å². The van der Waals surface area contributed by atoms with Crippen molar-refractivity contribution in [3.63, 3.8) is 0 Å². The fourth-order valence-electron chi connectivity index (χ4n) is 2.90. The zero-order chi connectivity index (χ0) is 13.8. The fraction of sp³-hybridized carbons (Fsp3) is 0.562. The summed E-state index contributed by atoms with van der Waals surface area (Å²) in [6, 6.07) is 11.0. The monoisotopic (exact) mass is 276 g/mol. The molecule has 2 nitrogen and oxygen atoms in total. The summed E-state index contributed by atoms with van der Waals surface area (Å²) < 4.78 is 0. The first-order valence-electron chi connectivity index (χ1n) is 7.15. The normalized spacial score (nSPS) is 26.0. The Kier molecular flexibility index (Phi) is 4.94. The van der Waals surface area contributed by atoms with Gasteiger partial charge in [0.05, 0.1) is 4.99 Å². The fourth-order valence-corrected chi connectivity index (χ4v) is 3.06. The molecule has 3 heteroatoms. The van der Waals surface area contributed by atoms with Gasteiger partial charge in [0.1, 0.15) is 0 Å². The lowest BCUT2D eigenvalue weighted by Crippen LogP contribution is -2.41. The first kappa shape index (κ1) is 14.5. The first-order valence-corrected chi connectivity index (χ1v) is 7.56. The van der Waals surface area contributed by atoms with E-state index in [4.69, 9.17) is 18.0 Å². The number of hydrogen-bond acceptors (Lipinski definition) is 2. The average Bonchev–Trinajstić information content (AvgIpc) is 2.40. The highest BCUT2D eigenvalue weighted by atomic mass is 32.1. The number of hydrogen-bond donors (Lipinski definition) is 1. The van der Waals surface area contributed by atoms with Crippen LogP contribution in [0.3, 0.4) is 0 Å². The molecule has 0 aliphatic carbocycles. The van der Waals surface area contributed by atoms with Crippen LogP contribution < -0.4 is 5.73 Å². The van der Waals surface area contributed by atoms with Gasteiger partial charge in [0.2, 0.25) is 0 Å². The predicted octanol–water partition coefficient (Wildman–Crippen LogP) is 3.38. The molecular formula is C16H24N2S. The SMILES string of the molecule is CC1CCN(C(CC(N)=S)c2ccccc2)CC1C. The van der Waals surface area contributed by atoms with Gasteiger partial charge in [-0.15, -0.1) is 0 Å². The van der Waals surface area contributed by atoms with E-state index < -0.39 is 0 Å². The molecular weight excluding hydrogens is 252 g/mol. The van der Waals surface area contributed by atoms with Crippen molar-refractivity contribution in [1.29, 1.82) is 0 Å². The van der Waals surface area contributed by atoms with Crippen LogP contribution in [0.25, 0.3) is 0 Å². The molecule has 1 fully saturated rings. The molecule has 0 saturated carbocycles. The van der Waals surface area contributed by atoms with E-state index in [1.807, 2.05) is 0 Å². The van der Waals surface area contributed by atoms with Crippen molar-refractivity contribution in [2.45, 2.75) is 32.7 Å². The van der Waals surface area contributed by atoms with Gasteiger partial charge in [0, 0.05) is 19.0 Å². The number of nitrogens with two attached hydrogens (primary N) is 1. The minimum Gasteiger partial charge on any atom is -0.393 e. The number of rotatable bonds is 4. The van der Waals surface area contributed by atoms with Gasteiger partial charge in [0.15, 0.2) is 0 Å². The molecule has 0 spiro atoms. The molecule has 0 aromatic heterocycles. The second kappa shape index (κ2) is 6.49. The molecule has 2 N–H and O–H groups in total. The number of benzene rings is 1. The number of thiocarbonyl (C=S) groups is 1. The molecule has 1 heterocycles. The van der Waals surface area contributed by atoms with Crippen LogP contribution in [0, 0.1) is 11.8 Å². The van der Waals surface area contributed by atoms with Crippen LogP contribution in [0.15, 0.2) is 30.3 Å². The van der Waals surface area contributed by atoms with Gasteiger partial charge < -0.3 is 5.73 Å². The van der Waals surface area contributed by atoms with Crippen LogP contribution in [0.2, 0.25) is 0 Å². The Balaban J connectivity index is 2.16. The lowest BCUT2D eigenvalue weighted by Gasteiger charge is -2.40. The van der Waals surface area contributed by atoms with E-state index in [2.05, 4.69) is 49.1 Å². The molecule has 104 valence electrons. The molecule has 1 aromatic rings. The van der Waals surface area contributed by atoms with Crippen molar-refractivity contribution >= 4 is 17.2 Å². The molecule has 1 saturated heterocycles. The smallest absolute Gasteiger partial charge is 0.0746 e. The van der Waals surface area contributed by atoms with Gasteiger partial charge in [-0.3, -0.25) is 4.90 Å². The Bertz CT molecular complexity index is 418. The van der Waals surface area contributed by atoms with Crippen LogP contribution >= 0.6 is 12.2 Å². The Morgan fingerprint density at radius 3 is 2.58 bits per heavy atom. The van der Waals surface area contributed by atoms with Gasteiger partial charge in [0.25, 0.3) is 0 Å². The minimum atomic E-state index is 0.341. The van der Waals surface area contributed by atoms with Gasteiger partial charge in [-0.25, -0.2) is 0 Å². The summed E-state index contributed by atoms with van der Waals surface area (Å²) in [5, 5.41) is 0. The highest BCUT2D eigenvalue weighted by molar-refractivity contribution is 7.80. The Hall–Kier alpha value is -0.930. The predicted molar refractivity (Wildman–Crippen MR) is 85.1 cm³/mol. The van der Waals surface area contributed by atoms with Crippen molar-refractivity contribution < 1.29 is 0 Å². The van der Waals surface area contributed by atoms with Crippen molar-refractivity contribution in [3.05, 3.63) is 35.9 Å². The molecule has 1 aliphatic heterocycles. The second-order valence-electron chi connectivity index (χ2n) is 5.84. The van der Waals surface area contributed by atoms with Crippen molar-refractivity contribution in [2.75, 3.05) is 13.1 Å². The summed E-state index contributed by atoms with van der Waals surface area (Å²) in [6.07, 6.45) is 2.04. The van der Waals surface area contributed by atoms with E-state index in [-0.39, 0.29) is 0 Å². The average molecular weight is 276 g/mol. The number of nitrogens with zero attached hydrogens (tertiary/aromatic N) is 1. The third kappa shape index (κ3) is 3.77. The maximum absolute atomic E-state index is 5.80. The van der Waals surface area contributed by atoms with Crippen LogP contribution in [0.4, 0.5) is 0 Å². The van der Waals surface area contributed by atoms with Gasteiger partial charge in [-0.1, -0.05) is 56.4 Å². The second-order valence-corrected chi connectivity index (χ2v) is 6.36. The summed E-state index contributed by atoms with van der Waals surface area (Å²) in [6.45, 7) is 6.99. The Morgan fingerprint density at radius 2 is 2.00 bits per heavy atom. The van der Waals surface area contributed by atoms with E-state index >= 15 is 0 Å². The molecule has 1 aromatic carbocycles. The van der Waals surface area contributed by atoms with Crippen LogP contribution in [-0.4, -0.2) is 23.0 Å². The van der Waals surface area contributed by atoms with Crippen molar-refractivity contribution in [2.24, 2.45) is 17.6 Å². The third-order valence-corrected chi connectivity index (χ3v) is 4.55. The molecule has 0 bridgehead atoms. The lowest BCUT2D eigenvalue weighted by molar-refractivity contribution is 0.0979. The molecule has 2 rings (SSSR count). The van der Waals surface area contributed by atoms with Gasteiger partial charge in [-0.05, 0) is 30.4 Å². The van der Waals surface area contributed by atoms with Crippen molar-refractivity contribution in [3.8, 4) is 0 Å². The molecule has 3 atom stereocenters. The van der Waals surface area contributed by atoms with Crippen LogP contribution in [0.1, 0.15) is 38.3 Å². The Morgan fingerprint density at radius 1 is 1.32 bits per heavy atom. The zero-order valence-corrected chi connectivity index (χ0v) is 12.7. The largest absolute Gasteiger partial charge is 0.393 e. The molecule has 0 amide bonds. The third-order valence-electron chi connectivity index (χ3n) is 4.39. The molecule has 3 unspecified atom stereocenters. The summed E-state index contributed by atoms with van der Waals surface area (Å²) in [7, 11) is 0. The quantitative estimate of drug-likeness (QED) is 0.855. The maximum atomic E-state index is 5.80. The summed E-state index contributed by atoms with van der Waals surface area (Å²) in [5.74, 6) is 1.56. The number of likely N-dealkylation sites (tertiary alicyclic amines) is 1. The summed E-state index contributed by atoms with van der Waals surface area (Å²) in [4.78, 5) is 3.17. The topological polar surface area (TPSA) is 29.3 Å². The van der Waals surface area contributed by atoms with E-state index in [0.29, 0.717) is 11.0 Å². The van der Waals surface area contributed by atoms with E-state index in [0.717, 1.165) is 31.3 Å². The molecule has 19 heavy (non-hydrogen) atoms. The van der Waals surface area contributed by atoms with E-state index in [9.17, 15) is 0 Å². The van der Waals surface area contributed by atoms with Crippen LogP contribution in [-0.2, 0) is 0 Å². The van der Waals surface area contributed by atoms with Gasteiger partial charge >= 0.3 is 0 Å². The highest BCUT2D eigenvalue weighted by Gasteiger charge is 2.28. The van der Waals surface area contributed by atoms with Crippen molar-refractivity contribution in [1.82, 2.24) is 4.90 Å². The lowest BCUT2D eigenvalue weighted by atomic mass is 9.87. The summed E-state index contributed by atoms with van der Waals surface area (Å²) in [5.41, 5.74) is 7.13. The highest BCUT2D eigenvalue weighted by Crippen LogP contribution is 2.31. The van der Waals surface area contributed by atoms with Gasteiger partial charge in [-0.2, -0.15) is 0 Å². The summed E-state index contributed by atoms with van der Waals surface area (Å²) >= 11 is 5.14. The van der Waals surface area contributed by atoms with E-state index in [1.165, 1.54) is 12.0 Å². The Labute approximate surface area is 122 Å². The zero-order valence-electron chi connectivity index (χ0n) is 11.9. The maximum Gasteiger partial charge on any atom is 0.0746 e. The standard InChI is InChI=1S/C16H24N2S/c1-12-8-9-18(11-13(12)2)15(10-16(17)19)14-6-4-3-5-7-14/h3-7,12-13,15H,8-11H2,1-2H3,(H2,17,19). The minimum absolute atomic E-state index is 0.341. The first-order chi connectivity index (χ1) is 9.08. The number of piperidine rings is 1. The van der Waals surface area contributed by atoms with E-state index in [1.54, 1.807) is 0 Å². The molecule has 0 radical (unpaired) electrons. The molecule has 1 aliphatic rings.